The lowest BCUT2D eigenvalue weighted by atomic mass is 10.3. The van der Waals surface area contributed by atoms with Gasteiger partial charge in [0.2, 0.25) is 0 Å². The van der Waals surface area contributed by atoms with Crippen LogP contribution < -0.4 is 5.32 Å². The third-order valence-corrected chi connectivity index (χ3v) is 3.69. The summed E-state index contributed by atoms with van der Waals surface area (Å²) in [6, 6.07) is 0.0356. The zero-order valence-electron chi connectivity index (χ0n) is 19.7. The molecular formula is C21H44N2O6. The molecule has 8 heteroatoms. The molecule has 0 aliphatic carbocycles. The second-order valence-corrected chi connectivity index (χ2v) is 7.93. The van der Waals surface area contributed by atoms with Gasteiger partial charge in [0, 0.05) is 6.92 Å². The summed E-state index contributed by atoms with van der Waals surface area (Å²) in [5.74, 6) is 0.152. The Morgan fingerprint density at radius 1 is 0.724 bits per heavy atom. The predicted molar refractivity (Wildman–Crippen MR) is 115 cm³/mol. The number of likely N-dealkylation sites (N-methyl/N-ethyl adjacent to an activating group) is 1. The maximum absolute atomic E-state index is 7.52. The Balaban J connectivity index is 4.29. The maximum atomic E-state index is 7.52. The number of hydrogen-bond donors (Lipinski definition) is 2. The summed E-state index contributed by atoms with van der Waals surface area (Å²) in [4.78, 5) is 0. The topological polar surface area (TPSA) is 91.3 Å². The first-order valence-corrected chi connectivity index (χ1v) is 10.6. The summed E-state index contributed by atoms with van der Waals surface area (Å²) in [6.07, 6.45) is -0.0230. The zero-order valence-corrected chi connectivity index (χ0v) is 19.7. The average molecular weight is 421 g/mol. The second kappa shape index (κ2) is 17.0. The van der Waals surface area contributed by atoms with Crippen molar-refractivity contribution in [3.8, 4) is 0 Å². The Bertz CT molecular complexity index is 407. The smallest absolute Gasteiger partial charge is 0.177 e. The molecule has 0 bridgehead atoms. The fourth-order valence-corrected chi connectivity index (χ4v) is 2.38. The van der Waals surface area contributed by atoms with Crippen molar-refractivity contribution >= 4 is 5.90 Å². The molecule has 0 aromatic rings. The Hall–Kier alpha value is -0.770. The molecule has 174 valence electrons. The third-order valence-electron chi connectivity index (χ3n) is 3.69. The Morgan fingerprint density at radius 3 is 1.62 bits per heavy atom. The summed E-state index contributed by atoms with van der Waals surface area (Å²) < 4.78 is 34.2. The Labute approximate surface area is 177 Å². The van der Waals surface area contributed by atoms with Crippen molar-refractivity contribution < 1.29 is 28.4 Å². The molecule has 0 aromatic heterocycles. The van der Waals surface area contributed by atoms with E-state index < -0.39 is 0 Å². The molecule has 0 aromatic carbocycles. The van der Waals surface area contributed by atoms with Crippen LogP contribution in [0.25, 0.3) is 0 Å². The molecule has 2 N–H and O–H groups in total. The van der Waals surface area contributed by atoms with Gasteiger partial charge in [-0.1, -0.05) is 0 Å². The lowest BCUT2D eigenvalue weighted by Gasteiger charge is -2.24. The van der Waals surface area contributed by atoms with E-state index in [2.05, 4.69) is 5.32 Å². The molecule has 3 atom stereocenters. The first kappa shape index (κ1) is 28.2. The first-order valence-electron chi connectivity index (χ1n) is 10.6. The summed E-state index contributed by atoms with van der Waals surface area (Å²) in [5.41, 5.74) is 0. The summed E-state index contributed by atoms with van der Waals surface area (Å²) in [5, 5.41) is 10.7. The van der Waals surface area contributed by atoms with Gasteiger partial charge in [-0.25, -0.2) is 0 Å². The van der Waals surface area contributed by atoms with Crippen molar-refractivity contribution in [3.05, 3.63) is 0 Å². The highest BCUT2D eigenvalue weighted by molar-refractivity contribution is 5.69. The van der Waals surface area contributed by atoms with E-state index in [0.717, 1.165) is 0 Å². The molecule has 0 fully saturated rings. The fraction of sp³-hybridized carbons (Fsp3) is 0.952. The number of hydrogen-bond acceptors (Lipinski definition) is 8. The summed E-state index contributed by atoms with van der Waals surface area (Å²) in [7, 11) is 1.87. The number of nitrogens with one attached hydrogen (secondary N) is 2. The quantitative estimate of drug-likeness (QED) is 0.260. The molecule has 29 heavy (non-hydrogen) atoms. The van der Waals surface area contributed by atoms with Crippen LogP contribution in [0.2, 0.25) is 0 Å². The molecule has 0 amide bonds. The molecule has 0 saturated heterocycles. The molecule has 0 radical (unpaired) electrons. The van der Waals surface area contributed by atoms with Gasteiger partial charge < -0.3 is 33.7 Å². The molecule has 0 aliphatic heterocycles. The molecule has 0 spiro atoms. The van der Waals surface area contributed by atoms with Crippen LogP contribution in [-0.4, -0.2) is 89.1 Å². The first-order chi connectivity index (χ1) is 13.6. The van der Waals surface area contributed by atoms with Crippen molar-refractivity contribution in [2.24, 2.45) is 0 Å². The zero-order chi connectivity index (χ0) is 22.2. The predicted octanol–water partition coefficient (Wildman–Crippen LogP) is 2.63. The minimum Gasteiger partial charge on any atom is -0.473 e. The van der Waals surface area contributed by atoms with E-state index in [1.807, 2.05) is 48.6 Å². The van der Waals surface area contributed by atoms with Crippen LogP contribution in [0.5, 0.6) is 0 Å². The number of rotatable bonds is 18. The highest BCUT2D eigenvalue weighted by atomic mass is 16.6. The van der Waals surface area contributed by atoms with E-state index >= 15 is 0 Å². The van der Waals surface area contributed by atoms with E-state index in [4.69, 9.17) is 33.8 Å². The molecule has 0 saturated carbocycles. The van der Waals surface area contributed by atoms with Crippen LogP contribution in [0.4, 0.5) is 0 Å². The minimum absolute atomic E-state index is 0.0356. The highest BCUT2D eigenvalue weighted by Crippen LogP contribution is 2.04. The van der Waals surface area contributed by atoms with Crippen molar-refractivity contribution in [2.75, 3.05) is 46.7 Å². The van der Waals surface area contributed by atoms with E-state index in [1.54, 1.807) is 6.92 Å². The van der Waals surface area contributed by atoms with Crippen molar-refractivity contribution in [3.63, 3.8) is 0 Å². The molecule has 0 rings (SSSR count). The second-order valence-electron chi connectivity index (χ2n) is 7.93. The van der Waals surface area contributed by atoms with E-state index in [0.29, 0.717) is 39.6 Å². The summed E-state index contributed by atoms with van der Waals surface area (Å²) in [6.45, 7) is 16.2. The minimum atomic E-state index is -0.301. The fourth-order valence-electron chi connectivity index (χ4n) is 2.38. The van der Waals surface area contributed by atoms with E-state index in [-0.39, 0.29) is 42.5 Å². The van der Waals surface area contributed by atoms with Gasteiger partial charge in [-0.3, -0.25) is 5.41 Å². The average Bonchev–Trinajstić information content (AvgIpc) is 2.61. The monoisotopic (exact) mass is 420 g/mol. The summed E-state index contributed by atoms with van der Waals surface area (Å²) >= 11 is 0. The Morgan fingerprint density at radius 2 is 1.21 bits per heavy atom. The van der Waals surface area contributed by atoms with Crippen LogP contribution in [-0.2, 0) is 28.4 Å². The van der Waals surface area contributed by atoms with Crippen LogP contribution in [0.1, 0.15) is 48.5 Å². The van der Waals surface area contributed by atoms with Crippen LogP contribution in [0, 0.1) is 5.41 Å². The third kappa shape index (κ3) is 17.8. The molecule has 0 heterocycles. The van der Waals surface area contributed by atoms with Gasteiger partial charge in [0.25, 0.3) is 0 Å². The Kier molecular flexibility index (Phi) is 16.5. The molecule has 8 nitrogen and oxygen atoms in total. The van der Waals surface area contributed by atoms with Crippen molar-refractivity contribution in [1.82, 2.24) is 5.32 Å². The number of ether oxygens (including phenoxy) is 6. The van der Waals surface area contributed by atoms with Gasteiger partial charge in [0.05, 0.1) is 64.0 Å². The van der Waals surface area contributed by atoms with Gasteiger partial charge in [0.15, 0.2) is 5.90 Å². The van der Waals surface area contributed by atoms with Crippen molar-refractivity contribution in [2.45, 2.75) is 85.0 Å². The van der Waals surface area contributed by atoms with E-state index in [9.17, 15) is 0 Å². The highest BCUT2D eigenvalue weighted by Gasteiger charge is 2.17. The van der Waals surface area contributed by atoms with Gasteiger partial charge in [-0.05, 0) is 48.6 Å². The standard InChI is InChI=1S/C21H44N2O6/c1-15(2)26-13-20(28-17(5)6)11-24-9-19(23-8)10-25-12-21(29-18(7)22)14-27-16(3)4/h15-17,19-23H,9-14H2,1-8H3. The van der Waals surface area contributed by atoms with Gasteiger partial charge in [0.1, 0.15) is 12.2 Å². The van der Waals surface area contributed by atoms with Gasteiger partial charge in [-0.2, -0.15) is 0 Å². The van der Waals surface area contributed by atoms with Crippen molar-refractivity contribution in [1.29, 1.82) is 5.41 Å². The van der Waals surface area contributed by atoms with Gasteiger partial charge >= 0.3 is 0 Å². The SMILES string of the molecule is CNC(COCC(COC(C)C)OC(C)=N)COCC(COC(C)C)OC(C)C. The molecular weight excluding hydrogens is 376 g/mol. The lowest BCUT2D eigenvalue weighted by molar-refractivity contribution is -0.0950. The van der Waals surface area contributed by atoms with Gasteiger partial charge in [-0.15, -0.1) is 0 Å². The largest absolute Gasteiger partial charge is 0.473 e. The molecule has 0 aliphatic rings. The van der Waals surface area contributed by atoms with Crippen LogP contribution >= 0.6 is 0 Å². The van der Waals surface area contributed by atoms with E-state index in [1.165, 1.54) is 0 Å². The van der Waals surface area contributed by atoms with Crippen LogP contribution in [0.15, 0.2) is 0 Å². The maximum Gasteiger partial charge on any atom is 0.177 e. The normalized spacial score (nSPS) is 15.1. The lowest BCUT2D eigenvalue weighted by Crippen LogP contribution is -2.38. The van der Waals surface area contributed by atoms with Crippen LogP contribution in [0.3, 0.4) is 0 Å². The molecule has 3 unspecified atom stereocenters.